The second-order valence-corrected chi connectivity index (χ2v) is 6.42. The van der Waals surface area contributed by atoms with Crippen LogP contribution in [0, 0.1) is 0 Å². The number of hydrogen-bond donors (Lipinski definition) is 1. The van der Waals surface area contributed by atoms with Gasteiger partial charge < -0.3 is 14.7 Å². The molecule has 0 saturated carbocycles. The number of carbonyl (C=O) groups is 1. The molecule has 0 aliphatic carbocycles. The van der Waals surface area contributed by atoms with E-state index in [0.29, 0.717) is 11.3 Å². The Balaban J connectivity index is 1.51. The molecule has 1 N–H and O–H groups in total. The average Bonchev–Trinajstić information content (AvgIpc) is 3.06. The van der Waals surface area contributed by atoms with Gasteiger partial charge in [0.15, 0.2) is 5.58 Å². The molecule has 0 radical (unpaired) electrons. The van der Waals surface area contributed by atoms with Crippen molar-refractivity contribution in [2.45, 2.75) is 25.7 Å². The molecule has 1 fully saturated rings. The minimum atomic E-state index is -0.0801. The van der Waals surface area contributed by atoms with Crippen LogP contribution in [0.1, 0.15) is 25.0 Å². The van der Waals surface area contributed by atoms with Gasteiger partial charge in [0.2, 0.25) is 5.91 Å². The number of nitrogens with one attached hydrogen (secondary N) is 1. The lowest BCUT2D eigenvalue weighted by Crippen LogP contribution is -2.30. The summed E-state index contributed by atoms with van der Waals surface area (Å²) < 4.78 is 5.28. The van der Waals surface area contributed by atoms with Crippen molar-refractivity contribution in [2.75, 3.05) is 23.3 Å². The summed E-state index contributed by atoms with van der Waals surface area (Å²) in [4.78, 5) is 14.9. The summed E-state index contributed by atoms with van der Waals surface area (Å²) in [6.45, 7) is 2.08. The minimum Gasteiger partial charge on any atom is -0.370 e. The van der Waals surface area contributed by atoms with E-state index in [2.05, 4.69) is 21.4 Å². The molecule has 0 atom stereocenters. The number of rotatable bonds is 4. The van der Waals surface area contributed by atoms with Crippen molar-refractivity contribution in [1.29, 1.82) is 0 Å². The molecule has 0 unspecified atom stereocenters. The molecular formula is C20H21N3O2. The Labute approximate surface area is 146 Å². The quantitative estimate of drug-likeness (QED) is 0.783. The van der Waals surface area contributed by atoms with Crippen LogP contribution in [0.4, 0.5) is 11.4 Å². The second kappa shape index (κ2) is 6.97. The fourth-order valence-electron chi connectivity index (χ4n) is 3.40. The van der Waals surface area contributed by atoms with Gasteiger partial charge in [-0.3, -0.25) is 4.79 Å². The number of para-hydroxylation sites is 3. The van der Waals surface area contributed by atoms with E-state index in [0.717, 1.165) is 29.9 Å². The first kappa shape index (κ1) is 15.7. The molecule has 5 heteroatoms. The fraction of sp³-hybridized carbons (Fsp3) is 0.300. The lowest BCUT2D eigenvalue weighted by Gasteiger charge is -2.30. The first-order valence-corrected chi connectivity index (χ1v) is 8.78. The molecule has 0 spiro atoms. The van der Waals surface area contributed by atoms with E-state index in [1.807, 2.05) is 42.5 Å². The third-order valence-corrected chi connectivity index (χ3v) is 4.66. The highest BCUT2D eigenvalue weighted by molar-refractivity contribution is 5.97. The first-order valence-electron chi connectivity index (χ1n) is 8.78. The van der Waals surface area contributed by atoms with Gasteiger partial charge in [-0.1, -0.05) is 29.4 Å². The van der Waals surface area contributed by atoms with Crippen molar-refractivity contribution >= 4 is 28.3 Å². The SMILES string of the molecule is O=C(Cc1noc2ccccc12)Nc1ccccc1N1CCCCC1. The number of hydrogen-bond acceptors (Lipinski definition) is 4. The normalized spacial score (nSPS) is 14.6. The predicted molar refractivity (Wildman–Crippen MR) is 98.8 cm³/mol. The summed E-state index contributed by atoms with van der Waals surface area (Å²) in [5.74, 6) is -0.0801. The zero-order chi connectivity index (χ0) is 17.1. The van der Waals surface area contributed by atoms with Gasteiger partial charge in [-0.2, -0.15) is 0 Å². The summed E-state index contributed by atoms with van der Waals surface area (Å²) in [6.07, 6.45) is 3.88. The Bertz CT molecular complexity index is 881. The molecule has 5 nitrogen and oxygen atoms in total. The van der Waals surface area contributed by atoms with Gasteiger partial charge in [-0.25, -0.2) is 0 Å². The topological polar surface area (TPSA) is 58.4 Å². The third kappa shape index (κ3) is 3.36. The zero-order valence-electron chi connectivity index (χ0n) is 14.1. The number of aromatic nitrogens is 1. The number of carbonyl (C=O) groups excluding carboxylic acids is 1. The van der Waals surface area contributed by atoms with Crippen molar-refractivity contribution in [3.63, 3.8) is 0 Å². The van der Waals surface area contributed by atoms with Crippen LogP contribution in [0.2, 0.25) is 0 Å². The van der Waals surface area contributed by atoms with Crippen molar-refractivity contribution < 1.29 is 9.32 Å². The molecule has 1 amide bonds. The molecule has 3 aromatic rings. The summed E-state index contributed by atoms with van der Waals surface area (Å²) in [7, 11) is 0. The highest BCUT2D eigenvalue weighted by Crippen LogP contribution is 2.28. The van der Waals surface area contributed by atoms with Crippen molar-refractivity contribution in [2.24, 2.45) is 0 Å². The van der Waals surface area contributed by atoms with Gasteiger partial charge in [0.1, 0.15) is 5.69 Å². The Morgan fingerprint density at radius 1 is 1.04 bits per heavy atom. The third-order valence-electron chi connectivity index (χ3n) is 4.66. The van der Waals surface area contributed by atoms with E-state index in [-0.39, 0.29) is 12.3 Å². The van der Waals surface area contributed by atoms with E-state index in [4.69, 9.17) is 4.52 Å². The van der Waals surface area contributed by atoms with E-state index in [1.165, 1.54) is 19.3 Å². The lowest BCUT2D eigenvalue weighted by atomic mass is 10.1. The molecule has 2 aromatic carbocycles. The van der Waals surface area contributed by atoms with Crippen LogP contribution in [0.25, 0.3) is 11.0 Å². The predicted octanol–water partition coefficient (Wildman–Crippen LogP) is 4.00. The van der Waals surface area contributed by atoms with Crippen molar-refractivity contribution in [3.05, 3.63) is 54.2 Å². The maximum atomic E-state index is 12.5. The van der Waals surface area contributed by atoms with Gasteiger partial charge in [0.05, 0.1) is 17.8 Å². The maximum Gasteiger partial charge on any atom is 0.230 e. The molecule has 128 valence electrons. The molecular weight excluding hydrogens is 314 g/mol. The molecule has 1 saturated heterocycles. The highest BCUT2D eigenvalue weighted by Gasteiger charge is 2.17. The van der Waals surface area contributed by atoms with Crippen molar-refractivity contribution in [1.82, 2.24) is 5.16 Å². The average molecular weight is 335 g/mol. The Hall–Kier alpha value is -2.82. The fourth-order valence-corrected chi connectivity index (χ4v) is 3.40. The van der Waals surface area contributed by atoms with Gasteiger partial charge in [-0.05, 0) is 43.5 Å². The lowest BCUT2D eigenvalue weighted by molar-refractivity contribution is -0.115. The number of fused-ring (bicyclic) bond motifs is 1. The summed E-state index contributed by atoms with van der Waals surface area (Å²) >= 11 is 0. The molecule has 4 rings (SSSR count). The van der Waals surface area contributed by atoms with E-state index in [1.54, 1.807) is 0 Å². The number of anilines is 2. The van der Waals surface area contributed by atoms with Crippen LogP contribution in [0.3, 0.4) is 0 Å². The number of amides is 1. The smallest absolute Gasteiger partial charge is 0.230 e. The second-order valence-electron chi connectivity index (χ2n) is 6.42. The highest BCUT2D eigenvalue weighted by atomic mass is 16.5. The molecule has 1 aliphatic rings. The molecule has 25 heavy (non-hydrogen) atoms. The zero-order valence-corrected chi connectivity index (χ0v) is 14.1. The number of nitrogens with zero attached hydrogens (tertiary/aromatic N) is 2. The van der Waals surface area contributed by atoms with E-state index < -0.39 is 0 Å². The number of benzene rings is 2. The molecule has 0 bridgehead atoms. The monoisotopic (exact) mass is 335 g/mol. The molecule has 2 heterocycles. The van der Waals surface area contributed by atoms with Crippen LogP contribution in [0.5, 0.6) is 0 Å². The standard InChI is InChI=1S/C20H21N3O2/c24-20(14-17-15-8-2-5-11-19(15)25-22-17)21-16-9-3-4-10-18(16)23-12-6-1-7-13-23/h2-5,8-11H,1,6-7,12-14H2,(H,21,24). The van der Waals surface area contributed by atoms with Gasteiger partial charge in [0.25, 0.3) is 0 Å². The summed E-state index contributed by atoms with van der Waals surface area (Å²) in [5.41, 5.74) is 3.34. The largest absolute Gasteiger partial charge is 0.370 e. The van der Waals surface area contributed by atoms with Crippen LogP contribution in [-0.4, -0.2) is 24.2 Å². The molecule has 1 aliphatic heterocycles. The minimum absolute atomic E-state index is 0.0801. The Morgan fingerprint density at radius 3 is 2.68 bits per heavy atom. The van der Waals surface area contributed by atoms with Crippen LogP contribution in [-0.2, 0) is 11.2 Å². The Morgan fingerprint density at radius 2 is 1.80 bits per heavy atom. The van der Waals surface area contributed by atoms with Crippen LogP contribution in [0.15, 0.2) is 53.1 Å². The Kier molecular flexibility index (Phi) is 4.37. The van der Waals surface area contributed by atoms with Crippen molar-refractivity contribution in [3.8, 4) is 0 Å². The van der Waals surface area contributed by atoms with E-state index in [9.17, 15) is 4.79 Å². The summed E-state index contributed by atoms with van der Waals surface area (Å²) in [6, 6.07) is 15.6. The first-order chi connectivity index (χ1) is 12.3. The van der Waals surface area contributed by atoms with Gasteiger partial charge >= 0.3 is 0 Å². The molecule has 1 aromatic heterocycles. The van der Waals surface area contributed by atoms with Gasteiger partial charge in [0, 0.05) is 18.5 Å². The summed E-state index contributed by atoms with van der Waals surface area (Å²) in [5, 5.41) is 7.98. The van der Waals surface area contributed by atoms with Crippen LogP contribution >= 0.6 is 0 Å². The van der Waals surface area contributed by atoms with E-state index >= 15 is 0 Å². The van der Waals surface area contributed by atoms with Crippen LogP contribution < -0.4 is 10.2 Å². The number of piperidine rings is 1. The van der Waals surface area contributed by atoms with Gasteiger partial charge in [-0.15, -0.1) is 0 Å². The maximum absolute atomic E-state index is 12.5.